The maximum absolute atomic E-state index is 12.2. The molecule has 0 radical (unpaired) electrons. The van der Waals surface area contributed by atoms with Crippen molar-refractivity contribution in [3.63, 3.8) is 0 Å². The summed E-state index contributed by atoms with van der Waals surface area (Å²) < 4.78 is 1.97. The van der Waals surface area contributed by atoms with E-state index in [4.69, 9.17) is 11.6 Å². The number of benzene rings is 2. The third-order valence-corrected chi connectivity index (χ3v) is 4.73. The van der Waals surface area contributed by atoms with E-state index in [0.717, 1.165) is 22.5 Å². The highest BCUT2D eigenvalue weighted by molar-refractivity contribution is 6.31. The van der Waals surface area contributed by atoms with E-state index in [-0.39, 0.29) is 6.03 Å². The largest absolute Gasteiger partial charge is 0.323 e. The standard InChI is InChI=1S/C21H17ClN4O/c1-14-17(22)5-4-6-18(14)25-21(27)23-16-10-8-15(9-11-16)19-13-26-12-3-2-7-20(26)24-19/h2-13H,1H3,(H2,23,25,27). The molecule has 0 atom stereocenters. The van der Waals surface area contributed by atoms with Gasteiger partial charge in [-0.2, -0.15) is 0 Å². The highest BCUT2D eigenvalue weighted by Crippen LogP contribution is 2.24. The monoisotopic (exact) mass is 376 g/mol. The molecule has 0 saturated carbocycles. The number of carbonyl (C=O) groups excluding carboxylic acids is 1. The molecule has 0 unspecified atom stereocenters. The van der Waals surface area contributed by atoms with E-state index in [9.17, 15) is 4.79 Å². The SMILES string of the molecule is Cc1c(Cl)cccc1NC(=O)Nc1ccc(-c2cn3ccccc3n2)cc1. The summed E-state index contributed by atoms with van der Waals surface area (Å²) in [5.74, 6) is 0. The zero-order valence-corrected chi connectivity index (χ0v) is 15.4. The molecule has 134 valence electrons. The summed E-state index contributed by atoms with van der Waals surface area (Å²) in [6.45, 7) is 1.86. The Bertz CT molecular complexity index is 1090. The van der Waals surface area contributed by atoms with Gasteiger partial charge in [-0.15, -0.1) is 0 Å². The molecule has 2 N–H and O–H groups in total. The lowest BCUT2D eigenvalue weighted by atomic mass is 10.1. The van der Waals surface area contributed by atoms with E-state index >= 15 is 0 Å². The molecule has 0 aliphatic heterocycles. The first kappa shape index (κ1) is 17.1. The number of pyridine rings is 1. The van der Waals surface area contributed by atoms with Crippen molar-refractivity contribution in [2.24, 2.45) is 0 Å². The Labute approximate surface area is 161 Å². The summed E-state index contributed by atoms with van der Waals surface area (Å²) in [7, 11) is 0. The van der Waals surface area contributed by atoms with Crippen molar-refractivity contribution in [3.8, 4) is 11.3 Å². The topological polar surface area (TPSA) is 58.4 Å². The summed E-state index contributed by atoms with van der Waals surface area (Å²) >= 11 is 6.08. The van der Waals surface area contributed by atoms with Crippen molar-refractivity contribution >= 4 is 34.7 Å². The number of urea groups is 1. The molecule has 6 heteroatoms. The number of imidazole rings is 1. The quantitative estimate of drug-likeness (QED) is 0.488. The van der Waals surface area contributed by atoms with Crippen LogP contribution in [-0.4, -0.2) is 15.4 Å². The van der Waals surface area contributed by atoms with Gasteiger partial charge >= 0.3 is 6.03 Å². The van der Waals surface area contributed by atoms with Crippen LogP contribution in [0.3, 0.4) is 0 Å². The fourth-order valence-corrected chi connectivity index (χ4v) is 3.00. The lowest BCUT2D eigenvalue weighted by molar-refractivity contribution is 0.262. The van der Waals surface area contributed by atoms with Gasteiger partial charge in [0.15, 0.2) is 0 Å². The molecular weight excluding hydrogens is 360 g/mol. The fraction of sp³-hybridized carbons (Fsp3) is 0.0476. The Morgan fingerprint density at radius 3 is 2.59 bits per heavy atom. The highest BCUT2D eigenvalue weighted by Gasteiger charge is 2.08. The lowest BCUT2D eigenvalue weighted by Crippen LogP contribution is -2.19. The van der Waals surface area contributed by atoms with Crippen molar-refractivity contribution in [1.82, 2.24) is 9.38 Å². The minimum Gasteiger partial charge on any atom is -0.308 e. The molecule has 0 aliphatic rings. The molecule has 2 aromatic heterocycles. The Kier molecular flexibility index (Phi) is 4.52. The number of carbonyl (C=O) groups is 1. The fourth-order valence-electron chi connectivity index (χ4n) is 2.83. The van der Waals surface area contributed by atoms with Gasteiger partial charge in [-0.3, -0.25) is 0 Å². The van der Waals surface area contributed by atoms with Crippen molar-refractivity contribution in [2.45, 2.75) is 6.92 Å². The summed E-state index contributed by atoms with van der Waals surface area (Å²) in [4.78, 5) is 16.8. The second-order valence-corrected chi connectivity index (χ2v) is 6.57. The van der Waals surface area contributed by atoms with E-state index in [1.54, 1.807) is 12.1 Å². The normalized spacial score (nSPS) is 10.7. The molecule has 5 nitrogen and oxygen atoms in total. The van der Waals surface area contributed by atoms with Crippen LogP contribution in [0, 0.1) is 6.92 Å². The van der Waals surface area contributed by atoms with Crippen molar-refractivity contribution < 1.29 is 4.79 Å². The molecule has 27 heavy (non-hydrogen) atoms. The van der Waals surface area contributed by atoms with Gasteiger partial charge in [0.25, 0.3) is 0 Å². The van der Waals surface area contributed by atoms with Crippen LogP contribution >= 0.6 is 11.6 Å². The number of hydrogen-bond acceptors (Lipinski definition) is 2. The van der Waals surface area contributed by atoms with E-state index < -0.39 is 0 Å². The average molecular weight is 377 g/mol. The smallest absolute Gasteiger partial charge is 0.308 e. The van der Waals surface area contributed by atoms with Crippen LogP contribution in [0.25, 0.3) is 16.9 Å². The van der Waals surface area contributed by atoms with Crippen LogP contribution in [0.15, 0.2) is 73.1 Å². The van der Waals surface area contributed by atoms with Crippen LogP contribution in [0.1, 0.15) is 5.56 Å². The summed E-state index contributed by atoms with van der Waals surface area (Å²) in [5, 5.41) is 6.25. The summed E-state index contributed by atoms with van der Waals surface area (Å²) in [6, 6.07) is 18.5. The number of halogens is 1. The molecule has 4 rings (SSSR count). The van der Waals surface area contributed by atoms with Crippen LogP contribution in [-0.2, 0) is 0 Å². The molecule has 0 saturated heterocycles. The Morgan fingerprint density at radius 1 is 1.00 bits per heavy atom. The minimum atomic E-state index is -0.319. The zero-order valence-electron chi connectivity index (χ0n) is 14.6. The first-order chi connectivity index (χ1) is 13.1. The van der Waals surface area contributed by atoms with Gasteiger partial charge in [-0.25, -0.2) is 9.78 Å². The van der Waals surface area contributed by atoms with Gasteiger partial charge in [0.05, 0.1) is 5.69 Å². The van der Waals surface area contributed by atoms with Crippen molar-refractivity contribution in [2.75, 3.05) is 10.6 Å². The van der Waals surface area contributed by atoms with Crippen molar-refractivity contribution in [1.29, 1.82) is 0 Å². The van der Waals surface area contributed by atoms with Gasteiger partial charge in [0.1, 0.15) is 5.65 Å². The van der Waals surface area contributed by atoms with E-state index in [1.165, 1.54) is 0 Å². The molecule has 0 spiro atoms. The van der Waals surface area contributed by atoms with Crippen LogP contribution in [0.2, 0.25) is 5.02 Å². The number of amides is 2. The number of aromatic nitrogens is 2. The first-order valence-corrected chi connectivity index (χ1v) is 8.85. The molecule has 2 amide bonds. The van der Waals surface area contributed by atoms with Gasteiger partial charge in [0, 0.05) is 34.4 Å². The van der Waals surface area contributed by atoms with Gasteiger partial charge in [0.2, 0.25) is 0 Å². The molecular formula is C21H17ClN4O. The Hall–Kier alpha value is -3.31. The third-order valence-electron chi connectivity index (χ3n) is 4.32. The maximum Gasteiger partial charge on any atom is 0.323 e. The average Bonchev–Trinajstić information content (AvgIpc) is 3.10. The number of nitrogens with zero attached hydrogens (tertiary/aromatic N) is 2. The summed E-state index contributed by atoms with van der Waals surface area (Å²) in [5.41, 5.74) is 4.96. The van der Waals surface area contributed by atoms with Gasteiger partial charge in [-0.05, 0) is 48.9 Å². The van der Waals surface area contributed by atoms with Crippen LogP contribution in [0.5, 0.6) is 0 Å². The highest BCUT2D eigenvalue weighted by atomic mass is 35.5. The molecule has 0 fully saturated rings. The molecule has 2 aromatic carbocycles. The number of hydrogen-bond donors (Lipinski definition) is 2. The second kappa shape index (κ2) is 7.13. The van der Waals surface area contributed by atoms with E-state index in [0.29, 0.717) is 16.4 Å². The van der Waals surface area contributed by atoms with Crippen LogP contribution < -0.4 is 10.6 Å². The Balaban J connectivity index is 1.47. The Morgan fingerprint density at radius 2 is 1.81 bits per heavy atom. The molecule has 4 aromatic rings. The van der Waals surface area contributed by atoms with Crippen molar-refractivity contribution in [3.05, 3.63) is 83.6 Å². The summed E-state index contributed by atoms with van der Waals surface area (Å²) in [6.07, 6.45) is 3.94. The lowest BCUT2D eigenvalue weighted by Gasteiger charge is -2.11. The first-order valence-electron chi connectivity index (χ1n) is 8.47. The molecule has 2 heterocycles. The van der Waals surface area contributed by atoms with E-state index in [1.807, 2.05) is 72.2 Å². The minimum absolute atomic E-state index is 0.319. The zero-order chi connectivity index (χ0) is 18.8. The van der Waals surface area contributed by atoms with Gasteiger partial charge in [-0.1, -0.05) is 35.9 Å². The predicted molar refractivity (Wildman–Crippen MR) is 109 cm³/mol. The molecule has 0 aliphatic carbocycles. The third kappa shape index (κ3) is 3.64. The predicted octanol–water partition coefficient (Wildman–Crippen LogP) is 5.61. The van der Waals surface area contributed by atoms with E-state index in [2.05, 4.69) is 15.6 Å². The second-order valence-electron chi connectivity index (χ2n) is 6.16. The maximum atomic E-state index is 12.2. The number of nitrogens with one attached hydrogen (secondary N) is 2. The van der Waals surface area contributed by atoms with Gasteiger partial charge < -0.3 is 15.0 Å². The molecule has 0 bridgehead atoms. The van der Waals surface area contributed by atoms with Crippen LogP contribution in [0.4, 0.5) is 16.2 Å². The number of rotatable bonds is 3. The number of fused-ring (bicyclic) bond motifs is 1. The number of anilines is 2.